The molecule has 4 nitrogen and oxygen atoms in total. The van der Waals surface area contributed by atoms with Crippen molar-refractivity contribution in [2.75, 3.05) is 19.6 Å². The predicted octanol–water partition coefficient (Wildman–Crippen LogP) is 1.92. The molecule has 1 aromatic heterocycles. The van der Waals surface area contributed by atoms with Crippen LogP contribution < -0.4 is 10.6 Å². The number of hydrogen-bond acceptors (Lipinski definition) is 4. The van der Waals surface area contributed by atoms with Crippen molar-refractivity contribution < 1.29 is 4.79 Å². The maximum atomic E-state index is 11.9. The van der Waals surface area contributed by atoms with Crippen LogP contribution in [0.3, 0.4) is 0 Å². The highest BCUT2D eigenvalue weighted by atomic mass is 32.1. The number of thiazole rings is 1. The minimum atomic E-state index is -0.0717. The molecular formula is C13H19N3OS. The molecule has 1 amide bonds. The summed E-state index contributed by atoms with van der Waals surface area (Å²) in [5.41, 5.74) is 1.83. The number of aromatic nitrogens is 1. The molecule has 98 valence electrons. The van der Waals surface area contributed by atoms with Gasteiger partial charge in [-0.1, -0.05) is 25.5 Å². The van der Waals surface area contributed by atoms with Crippen molar-refractivity contribution in [2.45, 2.75) is 26.2 Å². The van der Waals surface area contributed by atoms with Gasteiger partial charge in [0, 0.05) is 24.4 Å². The van der Waals surface area contributed by atoms with E-state index in [-0.39, 0.29) is 5.91 Å². The van der Waals surface area contributed by atoms with Gasteiger partial charge in [0.05, 0.1) is 5.01 Å². The Hall–Kier alpha value is -1.20. The van der Waals surface area contributed by atoms with Crippen molar-refractivity contribution in [1.29, 1.82) is 0 Å². The van der Waals surface area contributed by atoms with Gasteiger partial charge in [-0.3, -0.25) is 4.79 Å². The molecule has 1 aromatic rings. The number of carbonyl (C=O) groups excluding carboxylic acids is 1. The van der Waals surface area contributed by atoms with Gasteiger partial charge in [0.25, 0.3) is 5.91 Å². The maximum Gasteiger partial charge on any atom is 0.271 e. The first kappa shape index (κ1) is 13.2. The van der Waals surface area contributed by atoms with Crippen LogP contribution in [-0.4, -0.2) is 30.5 Å². The molecule has 0 saturated heterocycles. The van der Waals surface area contributed by atoms with E-state index in [4.69, 9.17) is 0 Å². The summed E-state index contributed by atoms with van der Waals surface area (Å²) in [5, 5.41) is 9.03. The fraction of sp³-hybridized carbons (Fsp3) is 0.538. The quantitative estimate of drug-likeness (QED) is 0.818. The lowest BCUT2D eigenvalue weighted by Crippen LogP contribution is -2.29. The van der Waals surface area contributed by atoms with Crippen LogP contribution in [0.25, 0.3) is 0 Å². The Kier molecular flexibility index (Phi) is 4.49. The molecule has 0 unspecified atom stereocenters. The van der Waals surface area contributed by atoms with Gasteiger partial charge >= 0.3 is 0 Å². The predicted molar refractivity (Wildman–Crippen MR) is 74.1 cm³/mol. The monoisotopic (exact) mass is 265 g/mol. The van der Waals surface area contributed by atoms with Crippen LogP contribution in [0.2, 0.25) is 0 Å². The molecule has 2 rings (SSSR count). The molecule has 0 atom stereocenters. The van der Waals surface area contributed by atoms with E-state index in [0.717, 1.165) is 24.5 Å². The van der Waals surface area contributed by atoms with Gasteiger partial charge in [-0.2, -0.15) is 0 Å². The van der Waals surface area contributed by atoms with Crippen LogP contribution >= 0.6 is 11.3 Å². The second-order valence-corrected chi connectivity index (χ2v) is 5.61. The Morgan fingerprint density at radius 3 is 3.06 bits per heavy atom. The average molecular weight is 265 g/mol. The minimum absolute atomic E-state index is 0.0717. The van der Waals surface area contributed by atoms with Gasteiger partial charge in [-0.25, -0.2) is 4.98 Å². The van der Waals surface area contributed by atoms with Gasteiger partial charge in [-0.15, -0.1) is 11.3 Å². The topological polar surface area (TPSA) is 54.0 Å². The number of nitrogens with zero attached hydrogens (tertiary/aromatic N) is 1. The highest BCUT2D eigenvalue weighted by Crippen LogP contribution is 2.19. The van der Waals surface area contributed by atoms with E-state index in [0.29, 0.717) is 18.2 Å². The molecule has 2 heterocycles. The Bertz CT molecular complexity index is 451. The van der Waals surface area contributed by atoms with Gasteiger partial charge in [-0.05, 0) is 13.0 Å². The largest absolute Gasteiger partial charge is 0.347 e. The molecule has 0 spiro atoms. The first-order chi connectivity index (χ1) is 8.66. The van der Waals surface area contributed by atoms with Crippen LogP contribution in [0, 0.1) is 0 Å². The number of nitrogens with one attached hydrogen (secondary N) is 2. The molecule has 5 heteroatoms. The van der Waals surface area contributed by atoms with Crippen LogP contribution in [0.1, 0.15) is 41.7 Å². The third kappa shape index (κ3) is 3.40. The minimum Gasteiger partial charge on any atom is -0.347 e. The van der Waals surface area contributed by atoms with E-state index < -0.39 is 0 Å². The van der Waals surface area contributed by atoms with Crippen LogP contribution in [0.5, 0.6) is 0 Å². The smallest absolute Gasteiger partial charge is 0.271 e. The first-order valence-corrected chi connectivity index (χ1v) is 7.17. The van der Waals surface area contributed by atoms with E-state index in [1.165, 1.54) is 5.57 Å². The zero-order valence-electron chi connectivity index (χ0n) is 10.8. The zero-order chi connectivity index (χ0) is 13.0. The fourth-order valence-corrected chi connectivity index (χ4v) is 2.59. The Balaban J connectivity index is 1.88. The second-order valence-electron chi connectivity index (χ2n) is 4.72. The standard InChI is InChI=1S/C13H19N3OS/c1-9(2)13-16-11(8-18-13)12(17)15-7-10-3-5-14-6-4-10/h3,8-9,14H,4-7H2,1-2H3,(H,15,17). The zero-order valence-corrected chi connectivity index (χ0v) is 11.6. The number of hydrogen-bond donors (Lipinski definition) is 2. The summed E-state index contributed by atoms with van der Waals surface area (Å²) in [4.78, 5) is 16.3. The summed E-state index contributed by atoms with van der Waals surface area (Å²) < 4.78 is 0. The molecule has 18 heavy (non-hydrogen) atoms. The molecule has 0 fully saturated rings. The van der Waals surface area contributed by atoms with Crippen molar-refractivity contribution in [3.63, 3.8) is 0 Å². The Morgan fingerprint density at radius 1 is 1.61 bits per heavy atom. The molecule has 1 aliphatic rings. The summed E-state index contributed by atoms with van der Waals surface area (Å²) in [5.74, 6) is 0.307. The number of carbonyl (C=O) groups is 1. The normalized spacial score (nSPS) is 15.6. The van der Waals surface area contributed by atoms with E-state index in [1.807, 2.05) is 5.38 Å². The molecule has 0 saturated carbocycles. The number of amides is 1. The highest BCUT2D eigenvalue weighted by Gasteiger charge is 2.13. The third-order valence-corrected chi connectivity index (χ3v) is 4.03. The van der Waals surface area contributed by atoms with Gasteiger partial charge < -0.3 is 10.6 Å². The van der Waals surface area contributed by atoms with Gasteiger partial charge in [0.2, 0.25) is 0 Å². The van der Waals surface area contributed by atoms with Crippen molar-refractivity contribution in [3.8, 4) is 0 Å². The SMILES string of the molecule is CC(C)c1nc(C(=O)NCC2=CCNCC2)cs1. The molecule has 0 bridgehead atoms. The molecule has 0 aromatic carbocycles. The lowest BCUT2D eigenvalue weighted by Gasteiger charge is -2.14. The summed E-state index contributed by atoms with van der Waals surface area (Å²) in [6.07, 6.45) is 3.15. The average Bonchev–Trinajstić information content (AvgIpc) is 2.87. The maximum absolute atomic E-state index is 11.9. The molecule has 0 aliphatic carbocycles. The van der Waals surface area contributed by atoms with E-state index in [1.54, 1.807) is 11.3 Å². The first-order valence-electron chi connectivity index (χ1n) is 6.29. The Labute approximate surface area is 112 Å². The molecule has 0 radical (unpaired) electrons. The lowest BCUT2D eigenvalue weighted by atomic mass is 10.1. The number of rotatable bonds is 4. The highest BCUT2D eigenvalue weighted by molar-refractivity contribution is 7.09. The van der Waals surface area contributed by atoms with Crippen molar-refractivity contribution in [1.82, 2.24) is 15.6 Å². The van der Waals surface area contributed by atoms with E-state index >= 15 is 0 Å². The third-order valence-electron chi connectivity index (χ3n) is 2.88. The van der Waals surface area contributed by atoms with Crippen molar-refractivity contribution >= 4 is 17.2 Å². The van der Waals surface area contributed by atoms with Crippen LogP contribution in [0.15, 0.2) is 17.0 Å². The van der Waals surface area contributed by atoms with Crippen LogP contribution in [0.4, 0.5) is 0 Å². The molecule has 2 N–H and O–H groups in total. The lowest BCUT2D eigenvalue weighted by molar-refractivity contribution is 0.0952. The summed E-state index contributed by atoms with van der Waals surface area (Å²) in [6, 6.07) is 0. The summed E-state index contributed by atoms with van der Waals surface area (Å²) in [7, 11) is 0. The summed E-state index contributed by atoms with van der Waals surface area (Å²) in [6.45, 7) is 6.70. The van der Waals surface area contributed by atoms with Gasteiger partial charge in [0.15, 0.2) is 0 Å². The second kappa shape index (κ2) is 6.11. The molecule has 1 aliphatic heterocycles. The van der Waals surface area contributed by atoms with Crippen LogP contribution in [-0.2, 0) is 0 Å². The van der Waals surface area contributed by atoms with E-state index in [9.17, 15) is 4.79 Å². The summed E-state index contributed by atoms with van der Waals surface area (Å²) >= 11 is 1.55. The fourth-order valence-electron chi connectivity index (χ4n) is 1.77. The van der Waals surface area contributed by atoms with Gasteiger partial charge in [0.1, 0.15) is 5.69 Å². The van der Waals surface area contributed by atoms with Crippen molar-refractivity contribution in [2.24, 2.45) is 0 Å². The Morgan fingerprint density at radius 2 is 2.44 bits per heavy atom. The van der Waals surface area contributed by atoms with Crippen molar-refractivity contribution in [3.05, 3.63) is 27.7 Å². The molecular weight excluding hydrogens is 246 g/mol. The van der Waals surface area contributed by atoms with E-state index in [2.05, 4.69) is 35.5 Å².